The molecule has 1 atom stereocenters. The van der Waals surface area contributed by atoms with Crippen molar-refractivity contribution in [2.24, 2.45) is 0 Å². The van der Waals surface area contributed by atoms with Gasteiger partial charge in [0.2, 0.25) is 0 Å². The maximum atomic E-state index is 6.21. The Balaban J connectivity index is 2.12. The number of thioether (sulfide) groups is 1. The lowest BCUT2D eigenvalue weighted by molar-refractivity contribution is 0.352. The Morgan fingerprint density at radius 2 is 2.26 bits per heavy atom. The number of benzene rings is 1. The number of rotatable bonds is 7. The number of hydrogen-bond donors (Lipinski definition) is 1. The second kappa shape index (κ2) is 7.41. The summed E-state index contributed by atoms with van der Waals surface area (Å²) in [6, 6.07) is 4.59. The average molecular weight is 300 g/mol. The van der Waals surface area contributed by atoms with Crippen LogP contribution in [0.25, 0.3) is 0 Å². The molecule has 0 aliphatic carbocycles. The summed E-state index contributed by atoms with van der Waals surface area (Å²) in [5, 5.41) is 4.39. The second-order valence-electron chi connectivity index (χ2n) is 4.77. The van der Waals surface area contributed by atoms with Crippen molar-refractivity contribution in [3.8, 4) is 5.75 Å². The zero-order valence-corrected chi connectivity index (χ0v) is 13.2. The first-order valence-corrected chi connectivity index (χ1v) is 8.53. The molecule has 4 heteroatoms. The van der Waals surface area contributed by atoms with Gasteiger partial charge in [0.1, 0.15) is 5.75 Å². The lowest BCUT2D eigenvalue weighted by atomic mass is 10.0. The normalized spacial score (nSPS) is 15.1. The van der Waals surface area contributed by atoms with Crippen molar-refractivity contribution in [1.29, 1.82) is 0 Å². The van der Waals surface area contributed by atoms with Crippen molar-refractivity contribution in [3.63, 3.8) is 0 Å². The first-order valence-electron chi connectivity index (χ1n) is 6.99. The smallest absolute Gasteiger partial charge is 0.125 e. The van der Waals surface area contributed by atoms with Gasteiger partial charge >= 0.3 is 0 Å². The number of nitrogens with one attached hydrogen (secondary N) is 1. The summed E-state index contributed by atoms with van der Waals surface area (Å²) in [5.41, 5.74) is 2.52. The summed E-state index contributed by atoms with van der Waals surface area (Å²) in [7, 11) is 0. The van der Waals surface area contributed by atoms with Crippen molar-refractivity contribution < 1.29 is 4.74 Å². The van der Waals surface area contributed by atoms with Crippen LogP contribution in [0.4, 0.5) is 0 Å². The summed E-state index contributed by atoms with van der Waals surface area (Å²) in [6.07, 6.45) is 1.97. The highest BCUT2D eigenvalue weighted by molar-refractivity contribution is 7.99. The van der Waals surface area contributed by atoms with Gasteiger partial charge in [-0.3, -0.25) is 0 Å². The second-order valence-corrected chi connectivity index (χ2v) is 6.53. The minimum absolute atomic E-state index is 0.488. The van der Waals surface area contributed by atoms with Crippen LogP contribution in [0.15, 0.2) is 12.1 Å². The molecule has 0 amide bonds. The van der Waals surface area contributed by atoms with Crippen molar-refractivity contribution in [2.45, 2.75) is 32.7 Å². The van der Waals surface area contributed by atoms with Crippen LogP contribution in [0.3, 0.4) is 0 Å². The third-order valence-electron chi connectivity index (χ3n) is 3.31. The van der Waals surface area contributed by atoms with Gasteiger partial charge in [0.05, 0.1) is 6.61 Å². The van der Waals surface area contributed by atoms with Gasteiger partial charge in [0.15, 0.2) is 0 Å². The van der Waals surface area contributed by atoms with Gasteiger partial charge in [-0.15, -0.1) is 0 Å². The zero-order valence-electron chi connectivity index (χ0n) is 11.7. The lowest BCUT2D eigenvalue weighted by Gasteiger charge is -2.19. The van der Waals surface area contributed by atoms with Gasteiger partial charge < -0.3 is 10.1 Å². The van der Waals surface area contributed by atoms with Crippen LogP contribution in [0.2, 0.25) is 5.02 Å². The van der Waals surface area contributed by atoms with E-state index in [0.717, 1.165) is 48.3 Å². The summed E-state index contributed by atoms with van der Waals surface area (Å²) in [4.78, 5) is 0. The Morgan fingerprint density at radius 3 is 3.00 bits per heavy atom. The quantitative estimate of drug-likeness (QED) is 0.832. The molecule has 0 fully saturated rings. The van der Waals surface area contributed by atoms with Crippen LogP contribution < -0.4 is 10.1 Å². The summed E-state index contributed by atoms with van der Waals surface area (Å²) < 4.78 is 5.77. The fourth-order valence-corrected chi connectivity index (χ4v) is 3.52. The zero-order chi connectivity index (χ0) is 13.7. The fourth-order valence-electron chi connectivity index (χ4n) is 2.50. The Kier molecular flexibility index (Phi) is 5.86. The van der Waals surface area contributed by atoms with Gasteiger partial charge in [-0.2, -0.15) is 11.8 Å². The number of fused-ring (bicyclic) bond motifs is 1. The van der Waals surface area contributed by atoms with Crippen molar-refractivity contribution >= 4 is 23.4 Å². The molecule has 1 aromatic carbocycles. The summed E-state index contributed by atoms with van der Waals surface area (Å²) >= 11 is 8.19. The van der Waals surface area contributed by atoms with Gasteiger partial charge in [-0.25, -0.2) is 0 Å². The van der Waals surface area contributed by atoms with Crippen molar-refractivity contribution in [3.05, 3.63) is 28.3 Å². The molecule has 1 N–H and O–H groups in total. The molecule has 1 unspecified atom stereocenters. The van der Waals surface area contributed by atoms with Crippen LogP contribution in [0, 0.1) is 0 Å². The molecule has 19 heavy (non-hydrogen) atoms. The molecule has 0 spiro atoms. The van der Waals surface area contributed by atoms with Gasteiger partial charge in [0.25, 0.3) is 0 Å². The fraction of sp³-hybridized carbons (Fsp3) is 0.600. The molecule has 0 saturated carbocycles. The van der Waals surface area contributed by atoms with Crippen LogP contribution in [0.5, 0.6) is 5.75 Å². The third-order valence-corrected chi connectivity index (χ3v) is 4.57. The topological polar surface area (TPSA) is 21.3 Å². The summed E-state index contributed by atoms with van der Waals surface area (Å²) in [5.74, 6) is 3.37. The van der Waals surface area contributed by atoms with E-state index in [4.69, 9.17) is 16.3 Å². The number of halogens is 1. The van der Waals surface area contributed by atoms with E-state index in [-0.39, 0.29) is 0 Å². The number of likely N-dealkylation sites (N-methyl/N-ethyl adjacent to an activating group) is 1. The van der Waals surface area contributed by atoms with Crippen LogP contribution in [-0.4, -0.2) is 30.7 Å². The van der Waals surface area contributed by atoms with E-state index < -0.39 is 0 Å². The number of hydrogen-bond acceptors (Lipinski definition) is 3. The Hall–Kier alpha value is -0.380. The first-order chi connectivity index (χ1) is 9.24. The molecule has 0 bridgehead atoms. The standard InChI is InChI=1S/C15H22ClNOS/c1-3-17-14(10-19-4-2)9-12-8-13(16)7-11-5-6-18-15(11)12/h7-8,14,17H,3-6,9-10H2,1-2H3. The van der Waals surface area contributed by atoms with Gasteiger partial charge in [-0.05, 0) is 42.0 Å². The first kappa shape index (κ1) is 15.0. The third kappa shape index (κ3) is 4.04. The molecule has 2 rings (SSSR count). The molecule has 0 saturated heterocycles. The minimum atomic E-state index is 0.488. The van der Waals surface area contributed by atoms with Crippen LogP contribution >= 0.6 is 23.4 Å². The molecular weight excluding hydrogens is 278 g/mol. The molecule has 1 aliphatic heterocycles. The molecular formula is C15H22ClNOS. The van der Waals surface area contributed by atoms with E-state index in [0.29, 0.717) is 6.04 Å². The van der Waals surface area contributed by atoms with E-state index in [9.17, 15) is 0 Å². The SMILES string of the molecule is CCNC(CSCC)Cc1cc(Cl)cc2c1OCC2. The molecule has 0 radical (unpaired) electrons. The molecule has 1 aromatic rings. The highest BCUT2D eigenvalue weighted by Gasteiger charge is 2.20. The highest BCUT2D eigenvalue weighted by atomic mass is 35.5. The van der Waals surface area contributed by atoms with Crippen molar-refractivity contribution in [1.82, 2.24) is 5.32 Å². The molecule has 1 heterocycles. The van der Waals surface area contributed by atoms with E-state index in [2.05, 4.69) is 25.2 Å². The predicted octanol–water partition coefficient (Wildman–Crippen LogP) is 3.55. The largest absolute Gasteiger partial charge is 0.493 e. The Morgan fingerprint density at radius 1 is 1.42 bits per heavy atom. The van der Waals surface area contributed by atoms with E-state index >= 15 is 0 Å². The highest BCUT2D eigenvalue weighted by Crippen LogP contribution is 2.33. The van der Waals surface area contributed by atoms with Crippen LogP contribution in [-0.2, 0) is 12.8 Å². The van der Waals surface area contributed by atoms with Crippen LogP contribution in [0.1, 0.15) is 25.0 Å². The van der Waals surface area contributed by atoms with E-state index in [1.165, 1.54) is 11.1 Å². The van der Waals surface area contributed by atoms with E-state index in [1.807, 2.05) is 17.8 Å². The molecule has 106 valence electrons. The van der Waals surface area contributed by atoms with Gasteiger partial charge in [0, 0.05) is 23.2 Å². The lowest BCUT2D eigenvalue weighted by Crippen LogP contribution is -2.33. The molecule has 1 aliphatic rings. The van der Waals surface area contributed by atoms with Crippen molar-refractivity contribution in [2.75, 3.05) is 24.7 Å². The number of ether oxygens (including phenoxy) is 1. The summed E-state index contributed by atoms with van der Waals surface area (Å²) in [6.45, 7) is 6.15. The maximum absolute atomic E-state index is 6.21. The Bertz CT molecular complexity index is 425. The molecule has 2 nitrogen and oxygen atoms in total. The maximum Gasteiger partial charge on any atom is 0.125 e. The predicted molar refractivity (Wildman–Crippen MR) is 84.8 cm³/mol. The van der Waals surface area contributed by atoms with Gasteiger partial charge in [-0.1, -0.05) is 25.4 Å². The Labute approximate surface area is 125 Å². The monoisotopic (exact) mass is 299 g/mol. The molecule has 0 aromatic heterocycles. The van der Waals surface area contributed by atoms with E-state index in [1.54, 1.807) is 0 Å². The minimum Gasteiger partial charge on any atom is -0.493 e. The average Bonchev–Trinajstić information content (AvgIpc) is 2.84.